The quantitative estimate of drug-likeness (QED) is 0.843. The normalized spacial score (nSPS) is 21.5. The molecule has 4 rings (SSSR count). The van der Waals surface area contributed by atoms with Gasteiger partial charge in [-0.3, -0.25) is 9.78 Å². The van der Waals surface area contributed by atoms with Gasteiger partial charge in [0, 0.05) is 44.8 Å². The van der Waals surface area contributed by atoms with E-state index < -0.39 is 0 Å². The minimum Gasteiger partial charge on any atom is -0.377 e. The van der Waals surface area contributed by atoms with E-state index in [-0.39, 0.29) is 23.4 Å². The van der Waals surface area contributed by atoms with E-state index >= 15 is 0 Å². The number of amides is 1. The van der Waals surface area contributed by atoms with Crippen molar-refractivity contribution >= 4 is 11.6 Å². The zero-order valence-electron chi connectivity index (χ0n) is 14.6. The molecule has 0 aliphatic carbocycles. The van der Waals surface area contributed by atoms with Gasteiger partial charge >= 0.3 is 0 Å². The van der Waals surface area contributed by atoms with Gasteiger partial charge < -0.3 is 14.5 Å². The summed E-state index contributed by atoms with van der Waals surface area (Å²) in [5.74, 6) is -0.340. The fourth-order valence-corrected chi connectivity index (χ4v) is 4.14. The predicted molar refractivity (Wildman–Crippen MR) is 94.4 cm³/mol. The number of nitrogens with zero attached hydrogens (tertiary/aromatic N) is 4. The van der Waals surface area contributed by atoms with Crippen molar-refractivity contribution in [2.45, 2.75) is 24.5 Å². The molecule has 26 heavy (non-hydrogen) atoms. The molecule has 0 saturated carbocycles. The van der Waals surface area contributed by atoms with Crippen LogP contribution in [0.25, 0.3) is 0 Å². The number of likely N-dealkylation sites (tertiary alicyclic amines) is 1. The van der Waals surface area contributed by atoms with Gasteiger partial charge in [-0.25, -0.2) is 9.37 Å². The van der Waals surface area contributed by atoms with E-state index in [0.29, 0.717) is 18.8 Å². The number of carbonyl (C=O) groups excluding carboxylic acids is 1. The van der Waals surface area contributed by atoms with Crippen molar-refractivity contribution in [2.75, 3.05) is 31.6 Å². The van der Waals surface area contributed by atoms with E-state index in [1.54, 1.807) is 25.4 Å². The van der Waals surface area contributed by atoms with Gasteiger partial charge in [-0.05, 0) is 31.0 Å². The molecule has 7 heteroatoms. The van der Waals surface area contributed by atoms with Crippen molar-refractivity contribution in [3.63, 3.8) is 0 Å². The maximum Gasteiger partial charge on any atom is 0.274 e. The number of aromatic nitrogens is 2. The Morgan fingerprint density at radius 1 is 1.31 bits per heavy atom. The van der Waals surface area contributed by atoms with Crippen LogP contribution in [-0.4, -0.2) is 59.2 Å². The van der Waals surface area contributed by atoms with Crippen LogP contribution in [0.5, 0.6) is 0 Å². The van der Waals surface area contributed by atoms with Gasteiger partial charge in [0.25, 0.3) is 5.91 Å². The molecular formula is C19H21FN4O2. The summed E-state index contributed by atoms with van der Waals surface area (Å²) in [6.07, 6.45) is 6.20. The summed E-state index contributed by atoms with van der Waals surface area (Å²) in [4.78, 5) is 24.7. The molecule has 1 aromatic carbocycles. The monoisotopic (exact) mass is 356 g/mol. The van der Waals surface area contributed by atoms with Crippen LogP contribution < -0.4 is 4.90 Å². The van der Waals surface area contributed by atoms with E-state index in [0.717, 1.165) is 25.1 Å². The van der Waals surface area contributed by atoms with Gasteiger partial charge in [0.2, 0.25) is 0 Å². The Labute approximate surface area is 151 Å². The van der Waals surface area contributed by atoms with E-state index in [2.05, 4.69) is 14.9 Å². The standard InChI is InChI=1S/C19H21FN4O2/c1-26-17-13-24(15-4-2-3-14(20)11-15)19(17)5-9-23(10-6-19)18(25)16-12-21-7-8-22-16/h2-4,7-8,11-12,17H,5-6,9-10,13H2,1H3. The molecule has 136 valence electrons. The lowest BCUT2D eigenvalue weighted by molar-refractivity contribution is -0.0434. The van der Waals surface area contributed by atoms with Crippen molar-refractivity contribution in [3.8, 4) is 0 Å². The fraction of sp³-hybridized carbons (Fsp3) is 0.421. The minimum atomic E-state index is -0.242. The molecule has 0 radical (unpaired) electrons. The number of carbonyl (C=O) groups is 1. The summed E-state index contributed by atoms with van der Waals surface area (Å²) >= 11 is 0. The number of piperidine rings is 1. The highest BCUT2D eigenvalue weighted by atomic mass is 19.1. The first kappa shape index (κ1) is 16.9. The van der Waals surface area contributed by atoms with Crippen LogP contribution in [0.4, 0.5) is 10.1 Å². The molecule has 0 N–H and O–H groups in total. The number of hydrogen-bond donors (Lipinski definition) is 0. The third-order valence-corrected chi connectivity index (χ3v) is 5.59. The average Bonchev–Trinajstić information content (AvgIpc) is 2.68. The van der Waals surface area contributed by atoms with Crippen LogP contribution in [0.3, 0.4) is 0 Å². The smallest absolute Gasteiger partial charge is 0.274 e. The average molecular weight is 356 g/mol. The highest BCUT2D eigenvalue weighted by Gasteiger charge is 2.55. The molecule has 2 fully saturated rings. The first-order valence-corrected chi connectivity index (χ1v) is 8.75. The molecule has 1 atom stereocenters. The molecular weight excluding hydrogens is 335 g/mol. The number of hydrogen-bond acceptors (Lipinski definition) is 5. The highest BCUT2D eigenvalue weighted by Crippen LogP contribution is 2.44. The number of ether oxygens (including phenoxy) is 1. The molecule has 3 heterocycles. The first-order valence-electron chi connectivity index (χ1n) is 8.75. The Morgan fingerprint density at radius 3 is 2.77 bits per heavy atom. The summed E-state index contributed by atoms with van der Waals surface area (Å²) in [7, 11) is 1.71. The van der Waals surface area contributed by atoms with Crippen LogP contribution >= 0.6 is 0 Å². The van der Waals surface area contributed by atoms with Crippen molar-refractivity contribution in [1.82, 2.24) is 14.9 Å². The maximum absolute atomic E-state index is 13.7. The number of methoxy groups -OCH3 is 1. The lowest BCUT2D eigenvalue weighted by Gasteiger charge is -2.61. The molecule has 1 aromatic heterocycles. The van der Waals surface area contributed by atoms with Gasteiger partial charge in [0.05, 0.1) is 17.8 Å². The Morgan fingerprint density at radius 2 is 2.12 bits per heavy atom. The second-order valence-electron chi connectivity index (χ2n) is 6.80. The van der Waals surface area contributed by atoms with Crippen LogP contribution in [0.15, 0.2) is 42.9 Å². The summed E-state index contributed by atoms with van der Waals surface area (Å²) in [5, 5.41) is 0. The van der Waals surface area contributed by atoms with Crippen LogP contribution in [0.1, 0.15) is 23.3 Å². The maximum atomic E-state index is 13.7. The van der Waals surface area contributed by atoms with E-state index in [4.69, 9.17) is 4.74 Å². The molecule has 2 aliphatic heterocycles. The summed E-state index contributed by atoms with van der Waals surface area (Å²) in [6, 6.07) is 6.66. The lowest BCUT2D eigenvalue weighted by Crippen LogP contribution is -2.74. The van der Waals surface area contributed by atoms with Crippen molar-refractivity contribution in [3.05, 3.63) is 54.4 Å². The molecule has 1 spiro atoms. The second-order valence-corrected chi connectivity index (χ2v) is 6.80. The Hall–Kier alpha value is -2.54. The van der Waals surface area contributed by atoms with Gasteiger partial charge in [-0.15, -0.1) is 0 Å². The highest BCUT2D eigenvalue weighted by molar-refractivity contribution is 5.92. The van der Waals surface area contributed by atoms with Gasteiger partial charge in [-0.1, -0.05) is 6.07 Å². The Balaban J connectivity index is 1.51. The first-order chi connectivity index (χ1) is 12.6. The minimum absolute atomic E-state index is 0.0829. The Kier molecular flexibility index (Phi) is 4.32. The Bertz CT molecular complexity index is 793. The molecule has 6 nitrogen and oxygen atoms in total. The van der Waals surface area contributed by atoms with Crippen molar-refractivity contribution < 1.29 is 13.9 Å². The van der Waals surface area contributed by atoms with Crippen molar-refractivity contribution in [2.24, 2.45) is 0 Å². The topological polar surface area (TPSA) is 58.6 Å². The molecule has 2 aromatic rings. The number of anilines is 1. The third-order valence-electron chi connectivity index (χ3n) is 5.59. The molecule has 1 unspecified atom stereocenters. The SMILES string of the molecule is COC1CN(c2cccc(F)c2)C12CCN(C(=O)c1cnccn1)CC2. The van der Waals surface area contributed by atoms with Gasteiger partial charge in [-0.2, -0.15) is 0 Å². The lowest BCUT2D eigenvalue weighted by atomic mass is 9.73. The van der Waals surface area contributed by atoms with Gasteiger partial charge in [0.1, 0.15) is 11.5 Å². The third kappa shape index (κ3) is 2.72. The zero-order valence-corrected chi connectivity index (χ0v) is 14.6. The molecule has 2 aliphatic rings. The van der Waals surface area contributed by atoms with Crippen LogP contribution in [-0.2, 0) is 4.74 Å². The zero-order chi connectivity index (χ0) is 18.1. The predicted octanol–water partition coefficient (Wildman–Crippen LogP) is 2.13. The largest absolute Gasteiger partial charge is 0.377 e. The number of halogens is 1. The van der Waals surface area contributed by atoms with Gasteiger partial charge in [0.15, 0.2) is 0 Å². The van der Waals surface area contributed by atoms with Crippen LogP contribution in [0, 0.1) is 5.82 Å². The van der Waals surface area contributed by atoms with E-state index in [1.807, 2.05) is 11.0 Å². The van der Waals surface area contributed by atoms with Crippen LogP contribution in [0.2, 0.25) is 0 Å². The van der Waals surface area contributed by atoms with E-state index in [9.17, 15) is 9.18 Å². The fourth-order valence-electron chi connectivity index (χ4n) is 4.14. The molecule has 1 amide bonds. The summed E-state index contributed by atoms with van der Waals surface area (Å²) in [6.45, 7) is 1.96. The van der Waals surface area contributed by atoms with Crippen molar-refractivity contribution in [1.29, 1.82) is 0 Å². The summed E-state index contributed by atoms with van der Waals surface area (Å²) < 4.78 is 19.3. The summed E-state index contributed by atoms with van der Waals surface area (Å²) in [5.41, 5.74) is 1.04. The molecule has 2 saturated heterocycles. The molecule has 0 bridgehead atoms. The number of rotatable bonds is 3. The van der Waals surface area contributed by atoms with E-state index in [1.165, 1.54) is 18.5 Å². The number of benzene rings is 1. The second kappa shape index (κ2) is 6.64.